The molecule has 0 fully saturated rings. The van der Waals surface area contributed by atoms with E-state index in [4.69, 9.17) is 8.85 Å². The van der Waals surface area contributed by atoms with Gasteiger partial charge in [-0.1, -0.05) is 75.0 Å². The second-order valence-electron chi connectivity index (χ2n) is 6.50. The van der Waals surface area contributed by atoms with Gasteiger partial charge in [-0.2, -0.15) is 0 Å². The molecule has 0 heterocycles. The lowest BCUT2D eigenvalue weighted by Crippen LogP contribution is -2.61. The predicted octanol–water partition coefficient (Wildman–Crippen LogP) is 4.35. The first-order valence-electron chi connectivity index (χ1n) is 9.95. The first-order valence-corrected chi connectivity index (χ1v) is 12.0. The van der Waals surface area contributed by atoms with Crippen LogP contribution in [0, 0.1) is 0 Å². The number of nitrogens with zero attached hydrogens (tertiary/aromatic N) is 1. The van der Waals surface area contributed by atoms with Crippen molar-refractivity contribution in [2.75, 3.05) is 32.5 Å². The van der Waals surface area contributed by atoms with E-state index in [1.54, 1.807) is 0 Å². The molecule has 0 aliphatic heterocycles. The summed E-state index contributed by atoms with van der Waals surface area (Å²) in [4.78, 5) is 2.40. The standard InChI is InChI=1S/C23H33NO2Si/c1-6-24(7-2)19-27(25-8-3,26-9-4)23-17-15-22(16-18-23)20(5)21-13-11-10-12-14-21/h10-18H,5-9,19H2,1-4H3. The zero-order valence-corrected chi connectivity index (χ0v) is 18.2. The van der Waals surface area contributed by atoms with Crippen LogP contribution in [-0.2, 0) is 8.85 Å². The minimum absolute atomic E-state index is 0.659. The predicted molar refractivity (Wildman–Crippen MR) is 117 cm³/mol. The summed E-state index contributed by atoms with van der Waals surface area (Å²) in [5.41, 5.74) is 3.31. The van der Waals surface area contributed by atoms with Crippen LogP contribution in [-0.4, -0.2) is 45.9 Å². The third-order valence-corrected chi connectivity index (χ3v) is 8.46. The smallest absolute Gasteiger partial charge is 0.387 e. The van der Waals surface area contributed by atoms with E-state index in [1.165, 1.54) is 5.19 Å². The average Bonchev–Trinajstić information content (AvgIpc) is 2.72. The maximum atomic E-state index is 6.33. The zero-order chi connectivity index (χ0) is 19.7. The number of rotatable bonds is 11. The van der Waals surface area contributed by atoms with E-state index in [2.05, 4.69) is 75.6 Å². The normalized spacial score (nSPS) is 11.7. The lowest BCUT2D eigenvalue weighted by Gasteiger charge is -2.34. The Morgan fingerprint density at radius 2 is 1.33 bits per heavy atom. The van der Waals surface area contributed by atoms with Crippen LogP contribution in [0.25, 0.3) is 5.57 Å². The highest BCUT2D eigenvalue weighted by Gasteiger charge is 2.41. The molecule has 0 saturated carbocycles. The summed E-state index contributed by atoms with van der Waals surface area (Å²) in [5, 5.41) is 1.18. The summed E-state index contributed by atoms with van der Waals surface area (Å²) in [6, 6.07) is 18.9. The van der Waals surface area contributed by atoms with E-state index in [0.717, 1.165) is 36.0 Å². The lowest BCUT2D eigenvalue weighted by molar-refractivity contribution is 0.174. The lowest BCUT2D eigenvalue weighted by atomic mass is 10.00. The van der Waals surface area contributed by atoms with Gasteiger partial charge in [-0.15, -0.1) is 0 Å². The van der Waals surface area contributed by atoms with Crippen LogP contribution in [0.1, 0.15) is 38.8 Å². The van der Waals surface area contributed by atoms with Gasteiger partial charge in [0.2, 0.25) is 0 Å². The van der Waals surface area contributed by atoms with Crippen molar-refractivity contribution in [1.29, 1.82) is 0 Å². The molecule has 2 rings (SSSR count). The van der Waals surface area contributed by atoms with E-state index in [1.807, 2.05) is 18.2 Å². The van der Waals surface area contributed by atoms with Crippen molar-refractivity contribution in [2.24, 2.45) is 0 Å². The molecule has 0 bridgehead atoms. The number of hydrogen-bond donors (Lipinski definition) is 0. The summed E-state index contributed by atoms with van der Waals surface area (Å²) in [6.45, 7) is 16.1. The summed E-state index contributed by atoms with van der Waals surface area (Å²) in [5.74, 6) is 0. The Labute approximate surface area is 165 Å². The summed E-state index contributed by atoms with van der Waals surface area (Å²) in [6.07, 6.45) is 0.848. The fourth-order valence-corrected chi connectivity index (χ4v) is 6.76. The van der Waals surface area contributed by atoms with Crippen molar-refractivity contribution < 1.29 is 8.85 Å². The van der Waals surface area contributed by atoms with E-state index in [0.29, 0.717) is 13.2 Å². The molecular weight excluding hydrogens is 350 g/mol. The SMILES string of the molecule is C=C(c1ccccc1)c1ccc([Si](CN(CC)CC)(OCC)OCC)cc1. The van der Waals surface area contributed by atoms with Crippen molar-refractivity contribution in [3.63, 3.8) is 0 Å². The van der Waals surface area contributed by atoms with Gasteiger partial charge in [0.15, 0.2) is 0 Å². The van der Waals surface area contributed by atoms with Crippen molar-refractivity contribution in [3.05, 3.63) is 72.3 Å². The van der Waals surface area contributed by atoms with Gasteiger partial charge < -0.3 is 13.8 Å². The molecule has 0 aliphatic carbocycles. The summed E-state index contributed by atoms with van der Waals surface area (Å²) < 4.78 is 12.7. The molecule has 0 radical (unpaired) electrons. The van der Waals surface area contributed by atoms with E-state index >= 15 is 0 Å². The Hall–Kier alpha value is -1.72. The van der Waals surface area contributed by atoms with Crippen LogP contribution in [0.2, 0.25) is 0 Å². The second kappa shape index (κ2) is 10.6. The first-order chi connectivity index (χ1) is 13.1. The van der Waals surface area contributed by atoms with Crippen molar-refractivity contribution >= 4 is 19.3 Å². The van der Waals surface area contributed by atoms with Crippen molar-refractivity contribution in [2.45, 2.75) is 27.7 Å². The van der Waals surface area contributed by atoms with Gasteiger partial charge in [0.05, 0.1) is 0 Å². The molecule has 0 unspecified atom stereocenters. The number of benzene rings is 2. The second-order valence-corrected chi connectivity index (χ2v) is 9.48. The molecule has 0 aromatic heterocycles. The van der Waals surface area contributed by atoms with Gasteiger partial charge in [-0.3, -0.25) is 0 Å². The molecule has 0 amide bonds. The highest BCUT2D eigenvalue weighted by molar-refractivity contribution is 6.81. The maximum absolute atomic E-state index is 6.33. The van der Waals surface area contributed by atoms with Gasteiger partial charge in [-0.05, 0) is 48.8 Å². The molecule has 27 heavy (non-hydrogen) atoms. The average molecular weight is 384 g/mol. The number of hydrogen-bond acceptors (Lipinski definition) is 3. The van der Waals surface area contributed by atoms with Crippen molar-refractivity contribution in [1.82, 2.24) is 4.90 Å². The van der Waals surface area contributed by atoms with Crippen LogP contribution >= 0.6 is 0 Å². The van der Waals surface area contributed by atoms with E-state index < -0.39 is 8.56 Å². The molecule has 0 N–H and O–H groups in total. The monoisotopic (exact) mass is 383 g/mol. The first kappa shape index (κ1) is 21.6. The van der Waals surface area contributed by atoms with E-state index in [9.17, 15) is 0 Å². The quantitative estimate of drug-likeness (QED) is 0.539. The van der Waals surface area contributed by atoms with Crippen LogP contribution in [0.5, 0.6) is 0 Å². The van der Waals surface area contributed by atoms with Gasteiger partial charge >= 0.3 is 8.56 Å². The minimum Gasteiger partial charge on any atom is -0.391 e. The van der Waals surface area contributed by atoms with Gasteiger partial charge in [0.25, 0.3) is 0 Å². The third-order valence-electron chi connectivity index (χ3n) is 4.88. The Morgan fingerprint density at radius 1 is 0.815 bits per heavy atom. The molecule has 4 heteroatoms. The van der Waals surface area contributed by atoms with Gasteiger partial charge in [0.1, 0.15) is 0 Å². The molecular formula is C23H33NO2Si. The Bertz CT molecular complexity index is 690. The Balaban J connectivity index is 2.34. The topological polar surface area (TPSA) is 21.7 Å². The third kappa shape index (κ3) is 5.39. The molecule has 146 valence electrons. The highest BCUT2D eigenvalue weighted by atomic mass is 28.4. The van der Waals surface area contributed by atoms with E-state index in [-0.39, 0.29) is 0 Å². The molecule has 0 atom stereocenters. The largest absolute Gasteiger partial charge is 0.391 e. The molecule has 0 saturated heterocycles. The maximum Gasteiger partial charge on any atom is 0.387 e. The summed E-state index contributed by atoms with van der Waals surface area (Å²) >= 11 is 0. The van der Waals surface area contributed by atoms with Gasteiger partial charge in [0, 0.05) is 19.4 Å². The zero-order valence-electron chi connectivity index (χ0n) is 17.2. The highest BCUT2D eigenvalue weighted by Crippen LogP contribution is 2.21. The summed E-state index contributed by atoms with van der Waals surface area (Å²) in [7, 11) is -2.52. The molecule has 2 aromatic rings. The van der Waals surface area contributed by atoms with Crippen molar-refractivity contribution in [3.8, 4) is 0 Å². The fraction of sp³-hybridized carbons (Fsp3) is 0.391. The Kier molecular flexibility index (Phi) is 8.45. The molecule has 0 spiro atoms. The molecule has 2 aromatic carbocycles. The van der Waals surface area contributed by atoms with Crippen LogP contribution in [0.3, 0.4) is 0 Å². The van der Waals surface area contributed by atoms with Crippen LogP contribution in [0.4, 0.5) is 0 Å². The van der Waals surface area contributed by atoms with Gasteiger partial charge in [-0.25, -0.2) is 0 Å². The minimum atomic E-state index is -2.52. The Morgan fingerprint density at radius 3 is 1.81 bits per heavy atom. The molecule has 3 nitrogen and oxygen atoms in total. The fourth-order valence-electron chi connectivity index (χ4n) is 3.33. The van der Waals surface area contributed by atoms with Crippen LogP contribution < -0.4 is 5.19 Å². The molecule has 0 aliphatic rings. The van der Waals surface area contributed by atoms with Crippen LogP contribution in [0.15, 0.2) is 61.2 Å².